The van der Waals surface area contributed by atoms with Gasteiger partial charge in [0.15, 0.2) is 11.9 Å². The summed E-state index contributed by atoms with van der Waals surface area (Å²) in [6.45, 7) is 7.08. The molecule has 7 nitrogen and oxygen atoms in total. The molecule has 4 N–H and O–H groups in total. The molecule has 0 spiro atoms. The summed E-state index contributed by atoms with van der Waals surface area (Å²) in [4.78, 5) is 8.23. The molecular weight excluding hydrogens is 355 g/mol. The second-order valence-corrected chi connectivity index (χ2v) is 12.5. The number of hydrogen-bond donors (Lipinski definition) is 3. The predicted octanol–water partition coefficient (Wildman–Crippen LogP) is 1.22. The van der Waals surface area contributed by atoms with Gasteiger partial charge < -0.3 is 25.3 Å². The first-order valence-corrected chi connectivity index (χ1v) is 11.8. The van der Waals surface area contributed by atoms with Crippen molar-refractivity contribution in [2.45, 2.75) is 50.7 Å². The van der Waals surface area contributed by atoms with E-state index >= 15 is 4.39 Å². The van der Waals surface area contributed by atoms with Gasteiger partial charge in [0, 0.05) is 6.20 Å². The molecule has 4 atom stereocenters. The molecule has 0 saturated carbocycles. The number of nitrogens with zero attached hydrogens (tertiary/aromatic N) is 3. The van der Waals surface area contributed by atoms with E-state index in [2.05, 4.69) is 41.1 Å². The lowest BCUT2D eigenvalue weighted by Crippen LogP contribution is -2.40. The Morgan fingerprint density at radius 2 is 2.12 bits per heavy atom. The molecule has 9 heteroatoms. The minimum absolute atomic E-state index is 0.242. The Balaban J connectivity index is 2.19. The quantitative estimate of drug-likeness (QED) is 0.536. The number of anilines is 1. The van der Waals surface area contributed by atoms with Crippen LogP contribution in [0.4, 0.5) is 10.2 Å². The maximum atomic E-state index is 15.2. The fraction of sp³-hybridized carbons (Fsp3) is 0.529. The average molecular weight is 378 g/mol. The minimum atomic E-state index is -2.12. The maximum absolute atomic E-state index is 15.2. The van der Waals surface area contributed by atoms with Crippen LogP contribution < -0.4 is 5.73 Å². The Hall–Kier alpha value is -1.99. The van der Waals surface area contributed by atoms with Crippen molar-refractivity contribution < 1.29 is 19.3 Å². The molecule has 2 aromatic rings. The van der Waals surface area contributed by atoms with Crippen LogP contribution in [0, 0.1) is 11.5 Å². The number of rotatable bonds is 2. The molecule has 1 saturated heterocycles. The van der Waals surface area contributed by atoms with Crippen LogP contribution >= 0.6 is 0 Å². The minimum Gasteiger partial charge on any atom is -0.394 e. The van der Waals surface area contributed by atoms with Crippen molar-refractivity contribution in [3.63, 3.8) is 0 Å². The average Bonchev–Trinajstić information content (AvgIpc) is 3.02. The number of nitrogens with two attached hydrogens (primary N) is 1. The molecule has 0 aliphatic carbocycles. The Bertz CT molecular complexity index is 897. The van der Waals surface area contributed by atoms with Gasteiger partial charge in [-0.05, 0) is 6.92 Å². The van der Waals surface area contributed by atoms with E-state index < -0.39 is 38.8 Å². The summed E-state index contributed by atoms with van der Waals surface area (Å²) in [5.41, 5.74) is 8.10. The van der Waals surface area contributed by atoms with Crippen LogP contribution in [-0.4, -0.2) is 57.3 Å². The zero-order chi connectivity index (χ0) is 19.3. The molecular formula is C17H23FN4O3Si. The van der Waals surface area contributed by atoms with Crippen molar-refractivity contribution in [2.24, 2.45) is 0 Å². The van der Waals surface area contributed by atoms with Crippen LogP contribution in [0.2, 0.25) is 19.6 Å². The van der Waals surface area contributed by atoms with E-state index in [-0.39, 0.29) is 5.82 Å². The third-order valence-electron chi connectivity index (χ3n) is 4.36. The fourth-order valence-corrected chi connectivity index (χ4v) is 3.51. The summed E-state index contributed by atoms with van der Waals surface area (Å²) >= 11 is 0. The van der Waals surface area contributed by atoms with Gasteiger partial charge in [-0.1, -0.05) is 25.6 Å². The SMILES string of the molecule is C[C@@]1(F)C(O)C(CO)O[C@H]1n1cc(C#C[Si](C)(C)C)c2c(N)ncnc21. The summed E-state index contributed by atoms with van der Waals surface area (Å²) in [5, 5.41) is 20.0. The van der Waals surface area contributed by atoms with Crippen molar-refractivity contribution in [3.8, 4) is 11.5 Å². The van der Waals surface area contributed by atoms with Crippen LogP contribution in [0.1, 0.15) is 18.7 Å². The van der Waals surface area contributed by atoms with E-state index in [9.17, 15) is 10.2 Å². The molecule has 3 rings (SSSR count). The molecule has 0 radical (unpaired) electrons. The summed E-state index contributed by atoms with van der Waals surface area (Å²) in [5.74, 6) is 3.36. The molecule has 1 fully saturated rings. The van der Waals surface area contributed by atoms with E-state index in [0.717, 1.165) is 0 Å². The molecule has 1 aliphatic heterocycles. The normalized spacial score (nSPS) is 29.0. The van der Waals surface area contributed by atoms with Crippen LogP contribution in [0.3, 0.4) is 0 Å². The Morgan fingerprint density at radius 3 is 2.69 bits per heavy atom. The first-order valence-electron chi connectivity index (χ1n) is 8.33. The smallest absolute Gasteiger partial charge is 0.181 e. The molecule has 1 aliphatic rings. The molecule has 3 heterocycles. The molecule has 0 aromatic carbocycles. The first-order chi connectivity index (χ1) is 12.1. The third kappa shape index (κ3) is 3.10. The number of fused-ring (bicyclic) bond motifs is 1. The molecule has 2 aromatic heterocycles. The molecule has 0 amide bonds. The highest BCUT2D eigenvalue weighted by atomic mass is 28.3. The van der Waals surface area contributed by atoms with Crippen molar-refractivity contribution in [1.82, 2.24) is 14.5 Å². The second-order valence-electron chi connectivity index (χ2n) is 7.71. The summed E-state index contributed by atoms with van der Waals surface area (Å²) in [6, 6.07) is 0. The highest BCUT2D eigenvalue weighted by Gasteiger charge is 2.55. The van der Waals surface area contributed by atoms with Crippen LogP contribution in [0.25, 0.3) is 11.0 Å². The van der Waals surface area contributed by atoms with Gasteiger partial charge >= 0.3 is 0 Å². The van der Waals surface area contributed by atoms with Crippen LogP contribution in [0.15, 0.2) is 12.5 Å². The van der Waals surface area contributed by atoms with Gasteiger partial charge in [-0.25, -0.2) is 14.4 Å². The van der Waals surface area contributed by atoms with Gasteiger partial charge in [-0.3, -0.25) is 0 Å². The van der Waals surface area contributed by atoms with Crippen LogP contribution in [0.5, 0.6) is 0 Å². The second kappa shape index (κ2) is 6.31. The molecule has 140 valence electrons. The maximum Gasteiger partial charge on any atom is 0.181 e. The highest BCUT2D eigenvalue weighted by Crippen LogP contribution is 2.43. The third-order valence-corrected chi connectivity index (χ3v) is 5.24. The van der Waals surface area contributed by atoms with E-state index in [0.29, 0.717) is 16.6 Å². The van der Waals surface area contributed by atoms with Crippen molar-refractivity contribution in [3.05, 3.63) is 18.1 Å². The van der Waals surface area contributed by atoms with Crippen LogP contribution in [-0.2, 0) is 4.74 Å². The van der Waals surface area contributed by atoms with Gasteiger partial charge in [0.1, 0.15) is 38.1 Å². The fourth-order valence-electron chi connectivity index (χ4n) is 3.00. The van der Waals surface area contributed by atoms with E-state index in [1.807, 2.05) is 0 Å². The number of alkyl halides is 1. The Morgan fingerprint density at radius 1 is 1.42 bits per heavy atom. The zero-order valence-corrected chi connectivity index (χ0v) is 16.2. The molecule has 2 unspecified atom stereocenters. The lowest BCUT2D eigenvalue weighted by molar-refractivity contribution is -0.0564. The topological polar surface area (TPSA) is 106 Å². The molecule has 0 bridgehead atoms. The van der Waals surface area contributed by atoms with Gasteiger partial charge in [0.05, 0.1) is 17.6 Å². The van der Waals surface area contributed by atoms with E-state index in [1.54, 1.807) is 6.20 Å². The largest absolute Gasteiger partial charge is 0.394 e. The van der Waals surface area contributed by atoms with Crippen molar-refractivity contribution >= 4 is 24.9 Å². The number of aliphatic hydroxyl groups is 2. The van der Waals surface area contributed by atoms with E-state index in [1.165, 1.54) is 17.8 Å². The van der Waals surface area contributed by atoms with Gasteiger partial charge in [-0.2, -0.15) is 0 Å². The monoisotopic (exact) mass is 378 g/mol. The zero-order valence-electron chi connectivity index (χ0n) is 15.2. The number of nitrogen functional groups attached to an aromatic ring is 1. The van der Waals surface area contributed by atoms with E-state index in [4.69, 9.17) is 10.5 Å². The predicted molar refractivity (Wildman–Crippen MR) is 98.7 cm³/mol. The Labute approximate surface area is 152 Å². The van der Waals surface area contributed by atoms with Crippen molar-refractivity contribution in [1.29, 1.82) is 0 Å². The standard InChI is InChI=1S/C17H23FN4O3Si/c1-17(18)13(24)11(8-23)25-16(17)22-7-10(5-6-26(2,3)4)12-14(19)20-9-21-15(12)22/h7,9,11,13,16,23-24H,8H2,1-4H3,(H2,19,20,21)/t11?,13?,16-,17-/m1/s1. The number of halogens is 1. The number of ether oxygens (including phenoxy) is 1. The number of hydrogen-bond acceptors (Lipinski definition) is 6. The van der Waals surface area contributed by atoms with Gasteiger partial charge in [0.2, 0.25) is 0 Å². The lowest BCUT2D eigenvalue weighted by Gasteiger charge is -2.25. The number of aromatic nitrogens is 3. The molecule has 26 heavy (non-hydrogen) atoms. The summed E-state index contributed by atoms with van der Waals surface area (Å²) in [7, 11) is -1.65. The highest BCUT2D eigenvalue weighted by molar-refractivity contribution is 6.83. The first kappa shape index (κ1) is 18.8. The summed E-state index contributed by atoms with van der Waals surface area (Å²) < 4.78 is 22.2. The number of aliphatic hydroxyl groups excluding tert-OH is 2. The van der Waals surface area contributed by atoms with Gasteiger partial charge in [-0.15, -0.1) is 5.54 Å². The lowest BCUT2D eigenvalue weighted by atomic mass is 9.98. The van der Waals surface area contributed by atoms with Crippen molar-refractivity contribution in [2.75, 3.05) is 12.3 Å². The summed E-state index contributed by atoms with van der Waals surface area (Å²) in [6.07, 6.45) is -0.755. The Kier molecular flexibility index (Phi) is 4.56. The van der Waals surface area contributed by atoms with Gasteiger partial charge in [0.25, 0.3) is 0 Å².